The Morgan fingerprint density at radius 2 is 2.26 bits per heavy atom. The molecule has 0 amide bonds. The van der Waals surface area contributed by atoms with Crippen LogP contribution in [0.2, 0.25) is 0 Å². The minimum absolute atomic E-state index is 0.727. The van der Waals surface area contributed by atoms with E-state index >= 15 is 0 Å². The van der Waals surface area contributed by atoms with Crippen LogP contribution in [0.3, 0.4) is 0 Å². The van der Waals surface area contributed by atoms with Crippen molar-refractivity contribution in [2.45, 2.75) is 32.6 Å². The molecule has 2 aromatic rings. The van der Waals surface area contributed by atoms with Crippen LogP contribution >= 0.6 is 15.9 Å². The molecule has 1 aliphatic carbocycles. The van der Waals surface area contributed by atoms with E-state index in [1.54, 1.807) is 4.52 Å². The number of hydrogen-bond donors (Lipinski definition) is 1. The lowest BCUT2D eigenvalue weighted by Gasteiger charge is -2.28. The summed E-state index contributed by atoms with van der Waals surface area (Å²) in [4.78, 5) is 4.52. The summed E-state index contributed by atoms with van der Waals surface area (Å²) in [5.74, 6) is 2.29. The maximum Gasteiger partial charge on any atom is 0.243 e. The summed E-state index contributed by atoms with van der Waals surface area (Å²) in [5, 5.41) is 7.84. The zero-order valence-corrected chi connectivity index (χ0v) is 12.7. The summed E-state index contributed by atoms with van der Waals surface area (Å²) >= 11 is 3.50. The maximum absolute atomic E-state index is 4.52. The number of fused-ring (bicyclic) bond motifs is 1. The lowest BCUT2D eigenvalue weighted by atomic mass is 9.80. The van der Waals surface area contributed by atoms with Crippen molar-refractivity contribution in [3.8, 4) is 0 Å². The molecule has 1 saturated carbocycles. The predicted molar refractivity (Wildman–Crippen MR) is 80.3 cm³/mol. The first-order valence-corrected chi connectivity index (χ1v) is 7.78. The van der Waals surface area contributed by atoms with Gasteiger partial charge in [0.1, 0.15) is 0 Å². The highest BCUT2D eigenvalue weighted by molar-refractivity contribution is 9.10. The molecule has 1 aliphatic rings. The van der Waals surface area contributed by atoms with Crippen molar-refractivity contribution < 1.29 is 0 Å². The van der Waals surface area contributed by atoms with Crippen LogP contribution < -0.4 is 5.32 Å². The minimum atomic E-state index is 0.727. The smallest absolute Gasteiger partial charge is 0.243 e. The van der Waals surface area contributed by atoms with Crippen LogP contribution in [-0.2, 0) is 0 Å². The van der Waals surface area contributed by atoms with Crippen LogP contribution in [0.1, 0.15) is 32.6 Å². The summed E-state index contributed by atoms with van der Waals surface area (Å²) in [6.45, 7) is 3.34. The number of nitrogens with one attached hydrogen (secondary N) is 1. The minimum Gasteiger partial charge on any atom is -0.353 e. The number of rotatable bonds is 3. The molecule has 1 fully saturated rings. The molecular weight excluding hydrogens is 304 g/mol. The van der Waals surface area contributed by atoms with E-state index in [0.717, 1.165) is 34.4 Å². The Balaban J connectivity index is 1.69. The normalized spacial score (nSPS) is 23.7. The largest absolute Gasteiger partial charge is 0.353 e. The van der Waals surface area contributed by atoms with Gasteiger partial charge >= 0.3 is 0 Å². The average molecular weight is 323 g/mol. The van der Waals surface area contributed by atoms with Crippen LogP contribution in [-0.4, -0.2) is 21.1 Å². The second kappa shape index (κ2) is 5.49. The predicted octanol–water partition coefficient (Wildman–Crippen LogP) is 3.73. The number of hydrogen-bond acceptors (Lipinski definition) is 3. The summed E-state index contributed by atoms with van der Waals surface area (Å²) in [7, 11) is 0. The van der Waals surface area contributed by atoms with Crippen LogP contribution in [0.25, 0.3) is 5.65 Å². The highest BCUT2D eigenvalue weighted by Crippen LogP contribution is 2.29. The summed E-state index contributed by atoms with van der Waals surface area (Å²) in [5.41, 5.74) is 0.863. The third kappa shape index (κ3) is 2.76. The molecule has 2 unspecified atom stereocenters. The van der Waals surface area contributed by atoms with Crippen LogP contribution in [0.4, 0.5) is 5.95 Å². The van der Waals surface area contributed by atoms with Gasteiger partial charge in [-0.1, -0.05) is 26.2 Å². The van der Waals surface area contributed by atoms with E-state index in [2.05, 4.69) is 38.3 Å². The first kappa shape index (κ1) is 12.9. The molecule has 0 aromatic carbocycles. The van der Waals surface area contributed by atoms with Gasteiger partial charge < -0.3 is 5.32 Å². The Bertz CT molecular complexity index is 566. The fraction of sp³-hybridized carbons (Fsp3) is 0.571. The Morgan fingerprint density at radius 3 is 3.05 bits per heavy atom. The van der Waals surface area contributed by atoms with Crippen LogP contribution in [0.5, 0.6) is 0 Å². The Labute approximate surface area is 121 Å². The Kier molecular flexibility index (Phi) is 3.73. The van der Waals surface area contributed by atoms with E-state index in [4.69, 9.17) is 0 Å². The molecular formula is C14H19BrN4. The van der Waals surface area contributed by atoms with Gasteiger partial charge in [0, 0.05) is 12.7 Å². The molecule has 0 bridgehead atoms. The number of anilines is 1. The summed E-state index contributed by atoms with van der Waals surface area (Å²) in [6, 6.07) is 3.94. The second-order valence-corrected chi connectivity index (χ2v) is 6.32. The molecule has 0 aliphatic heterocycles. The molecule has 3 rings (SSSR count). The maximum atomic E-state index is 4.52. The van der Waals surface area contributed by atoms with Crippen molar-refractivity contribution in [3.63, 3.8) is 0 Å². The van der Waals surface area contributed by atoms with Crippen LogP contribution in [0, 0.1) is 11.8 Å². The van der Waals surface area contributed by atoms with Gasteiger partial charge in [0.25, 0.3) is 0 Å². The van der Waals surface area contributed by atoms with E-state index < -0.39 is 0 Å². The van der Waals surface area contributed by atoms with Crippen molar-refractivity contribution >= 4 is 27.5 Å². The molecule has 5 heteroatoms. The van der Waals surface area contributed by atoms with Gasteiger partial charge in [0.15, 0.2) is 5.65 Å². The zero-order chi connectivity index (χ0) is 13.2. The van der Waals surface area contributed by atoms with Gasteiger partial charge in [0.05, 0.1) is 4.47 Å². The molecule has 4 nitrogen and oxygen atoms in total. The van der Waals surface area contributed by atoms with Crippen molar-refractivity contribution in [2.24, 2.45) is 11.8 Å². The molecule has 2 heterocycles. The highest BCUT2D eigenvalue weighted by atomic mass is 79.9. The standard InChI is InChI=1S/C14H19BrN4/c1-10-5-2-3-6-11(10)9-16-14-17-13-12(15)7-4-8-19(13)18-14/h4,7-8,10-11H,2-3,5-6,9H2,1H3,(H,16,18). The number of nitrogens with zero attached hydrogens (tertiary/aromatic N) is 3. The quantitative estimate of drug-likeness (QED) is 0.936. The van der Waals surface area contributed by atoms with Crippen molar-refractivity contribution in [1.29, 1.82) is 0 Å². The Morgan fingerprint density at radius 1 is 1.42 bits per heavy atom. The molecule has 102 valence electrons. The topological polar surface area (TPSA) is 42.2 Å². The van der Waals surface area contributed by atoms with E-state index in [-0.39, 0.29) is 0 Å². The Hall–Kier alpha value is -1.10. The fourth-order valence-corrected chi connectivity index (χ4v) is 3.29. The van der Waals surface area contributed by atoms with E-state index in [1.807, 2.05) is 18.3 Å². The lowest BCUT2D eigenvalue weighted by Crippen LogP contribution is -2.24. The van der Waals surface area contributed by atoms with E-state index in [0.29, 0.717) is 0 Å². The molecule has 19 heavy (non-hydrogen) atoms. The highest BCUT2D eigenvalue weighted by Gasteiger charge is 2.21. The molecule has 2 atom stereocenters. The third-order valence-electron chi connectivity index (χ3n) is 4.13. The summed E-state index contributed by atoms with van der Waals surface area (Å²) in [6.07, 6.45) is 7.35. The number of halogens is 1. The van der Waals surface area contributed by atoms with E-state index in [1.165, 1.54) is 25.7 Å². The third-order valence-corrected chi connectivity index (χ3v) is 4.75. The second-order valence-electron chi connectivity index (χ2n) is 5.46. The van der Waals surface area contributed by atoms with Gasteiger partial charge in [0.2, 0.25) is 5.95 Å². The monoisotopic (exact) mass is 322 g/mol. The van der Waals surface area contributed by atoms with Gasteiger partial charge in [-0.25, -0.2) is 4.52 Å². The van der Waals surface area contributed by atoms with Crippen molar-refractivity contribution in [1.82, 2.24) is 14.6 Å². The lowest BCUT2D eigenvalue weighted by molar-refractivity contribution is 0.268. The first-order valence-electron chi connectivity index (χ1n) is 6.99. The van der Waals surface area contributed by atoms with Crippen LogP contribution in [0.15, 0.2) is 22.8 Å². The molecule has 0 saturated heterocycles. The number of pyridine rings is 1. The molecule has 0 spiro atoms. The first-order chi connectivity index (χ1) is 9.24. The fourth-order valence-electron chi connectivity index (χ4n) is 2.87. The SMILES string of the molecule is CC1CCCCC1CNc1nc2c(Br)cccn2n1. The average Bonchev–Trinajstić information content (AvgIpc) is 2.82. The van der Waals surface area contributed by atoms with Gasteiger partial charge in [-0.15, -0.1) is 5.10 Å². The van der Waals surface area contributed by atoms with Crippen molar-refractivity contribution in [2.75, 3.05) is 11.9 Å². The molecule has 2 aromatic heterocycles. The molecule has 0 radical (unpaired) electrons. The van der Waals surface area contributed by atoms with Gasteiger partial charge in [-0.2, -0.15) is 4.98 Å². The molecule has 1 N–H and O–H groups in total. The van der Waals surface area contributed by atoms with E-state index in [9.17, 15) is 0 Å². The van der Waals surface area contributed by atoms with Gasteiger partial charge in [-0.05, 0) is 46.3 Å². The number of aromatic nitrogens is 3. The zero-order valence-electron chi connectivity index (χ0n) is 11.1. The van der Waals surface area contributed by atoms with Crippen molar-refractivity contribution in [3.05, 3.63) is 22.8 Å². The van der Waals surface area contributed by atoms with Gasteiger partial charge in [-0.3, -0.25) is 0 Å². The summed E-state index contributed by atoms with van der Waals surface area (Å²) < 4.78 is 2.78.